The van der Waals surface area contributed by atoms with E-state index in [2.05, 4.69) is 12.5 Å². The highest BCUT2D eigenvalue weighted by atomic mass is 16.5. The molecule has 0 aromatic heterocycles. The highest BCUT2D eigenvalue weighted by Gasteiger charge is 1.93. The summed E-state index contributed by atoms with van der Waals surface area (Å²) in [5.74, 6) is 3.04. The molecule has 0 aliphatic rings. The molecule has 18 heavy (non-hydrogen) atoms. The number of allylic oxidation sites excluding steroid dienone is 2. The van der Waals surface area contributed by atoms with Crippen LogP contribution >= 0.6 is 0 Å². The molecule has 0 fully saturated rings. The number of hydrogen-bond donors (Lipinski definition) is 1. The first-order valence-corrected chi connectivity index (χ1v) is 6.03. The van der Waals surface area contributed by atoms with Crippen LogP contribution in [0.1, 0.15) is 19.8 Å². The first kappa shape index (κ1) is 16.5. The van der Waals surface area contributed by atoms with Crippen molar-refractivity contribution >= 4 is 0 Å². The predicted molar refractivity (Wildman–Crippen MR) is 73.9 cm³/mol. The Morgan fingerprint density at radius 1 is 1.50 bits per heavy atom. The van der Waals surface area contributed by atoms with Crippen LogP contribution in [0, 0.1) is 12.3 Å². The summed E-state index contributed by atoms with van der Waals surface area (Å²) >= 11 is 0. The van der Waals surface area contributed by atoms with E-state index in [0.29, 0.717) is 32.0 Å². The number of aliphatic hydroxyl groups is 1. The maximum atomic E-state index is 9.29. The van der Waals surface area contributed by atoms with Gasteiger partial charge in [-0.2, -0.15) is 0 Å². The van der Waals surface area contributed by atoms with Gasteiger partial charge < -0.3 is 14.6 Å². The summed E-state index contributed by atoms with van der Waals surface area (Å²) in [6, 6.07) is 0. The molecule has 0 aromatic rings. The van der Waals surface area contributed by atoms with Gasteiger partial charge in [-0.15, -0.1) is 12.3 Å². The normalized spacial score (nSPS) is 12.7. The molecule has 0 bridgehead atoms. The lowest BCUT2D eigenvalue weighted by Gasteiger charge is -2.06. The molecule has 0 saturated heterocycles. The zero-order valence-electron chi connectivity index (χ0n) is 11.0. The highest BCUT2D eigenvalue weighted by molar-refractivity contribution is 5.06. The topological polar surface area (TPSA) is 38.7 Å². The van der Waals surface area contributed by atoms with Crippen molar-refractivity contribution < 1.29 is 14.6 Å². The van der Waals surface area contributed by atoms with Crippen LogP contribution < -0.4 is 0 Å². The van der Waals surface area contributed by atoms with Crippen LogP contribution in [0.3, 0.4) is 0 Å². The van der Waals surface area contributed by atoms with Crippen molar-refractivity contribution in [2.45, 2.75) is 25.9 Å². The van der Waals surface area contributed by atoms with E-state index in [1.54, 1.807) is 12.2 Å². The molecule has 1 N–H and O–H groups in total. The summed E-state index contributed by atoms with van der Waals surface area (Å²) in [7, 11) is 0. The molecule has 0 saturated carbocycles. The van der Waals surface area contributed by atoms with Crippen molar-refractivity contribution in [3.05, 3.63) is 36.6 Å². The molecule has 100 valence electrons. The van der Waals surface area contributed by atoms with Gasteiger partial charge in [-0.3, -0.25) is 0 Å². The summed E-state index contributed by atoms with van der Waals surface area (Å²) in [6.07, 6.45) is 12.9. The molecule has 0 rings (SSSR count). The number of ether oxygens (including phenoxy) is 2. The van der Waals surface area contributed by atoms with Gasteiger partial charge in [0.2, 0.25) is 0 Å². The van der Waals surface area contributed by atoms with Crippen LogP contribution in [-0.2, 0) is 9.47 Å². The summed E-state index contributed by atoms with van der Waals surface area (Å²) < 4.78 is 10.5. The van der Waals surface area contributed by atoms with E-state index in [1.807, 2.05) is 19.1 Å². The Hall–Kier alpha value is -1.50. The van der Waals surface area contributed by atoms with Crippen LogP contribution in [0.15, 0.2) is 36.6 Å². The van der Waals surface area contributed by atoms with Gasteiger partial charge in [-0.1, -0.05) is 30.9 Å². The lowest BCUT2D eigenvalue weighted by Crippen LogP contribution is -2.01. The Morgan fingerprint density at radius 2 is 2.28 bits per heavy atom. The summed E-state index contributed by atoms with van der Waals surface area (Å²) in [5.41, 5.74) is 0. The van der Waals surface area contributed by atoms with Crippen molar-refractivity contribution in [3.8, 4) is 12.3 Å². The monoisotopic (exact) mass is 250 g/mol. The van der Waals surface area contributed by atoms with Gasteiger partial charge in [0.25, 0.3) is 0 Å². The molecule has 0 unspecified atom stereocenters. The van der Waals surface area contributed by atoms with Gasteiger partial charge in [0.15, 0.2) is 0 Å². The molecule has 0 spiro atoms. The second-order valence-corrected chi connectivity index (χ2v) is 3.60. The van der Waals surface area contributed by atoms with E-state index in [1.165, 1.54) is 0 Å². The molecule has 0 amide bonds. The second-order valence-electron chi connectivity index (χ2n) is 3.60. The van der Waals surface area contributed by atoms with E-state index in [9.17, 15) is 5.11 Å². The molecule has 0 heterocycles. The zero-order valence-corrected chi connectivity index (χ0v) is 11.0. The zero-order chi connectivity index (χ0) is 13.6. The fourth-order valence-electron chi connectivity index (χ4n) is 1.14. The third-order valence-electron chi connectivity index (χ3n) is 1.95. The Kier molecular flexibility index (Phi) is 11.0. The fourth-order valence-corrected chi connectivity index (χ4v) is 1.14. The molecule has 0 radical (unpaired) electrons. The third-order valence-corrected chi connectivity index (χ3v) is 1.95. The Labute approximate surface area is 110 Å². The average molecular weight is 250 g/mol. The average Bonchev–Trinajstić information content (AvgIpc) is 2.33. The van der Waals surface area contributed by atoms with Gasteiger partial charge in [0.05, 0.1) is 19.3 Å². The van der Waals surface area contributed by atoms with E-state index < -0.39 is 6.10 Å². The lowest BCUT2D eigenvalue weighted by molar-refractivity contribution is 0.105. The van der Waals surface area contributed by atoms with Crippen molar-refractivity contribution in [3.63, 3.8) is 0 Å². The van der Waals surface area contributed by atoms with E-state index in [0.717, 1.165) is 6.42 Å². The SMILES string of the molecule is C#CC[C@@H](O)/C=C/C=C/CCOCC(=C)OCC. The largest absolute Gasteiger partial charge is 0.496 e. The Morgan fingerprint density at radius 3 is 2.94 bits per heavy atom. The van der Waals surface area contributed by atoms with Crippen LogP contribution in [0.4, 0.5) is 0 Å². The van der Waals surface area contributed by atoms with Crippen molar-refractivity contribution in [2.24, 2.45) is 0 Å². The maximum absolute atomic E-state index is 9.29. The van der Waals surface area contributed by atoms with Gasteiger partial charge in [0.1, 0.15) is 12.4 Å². The van der Waals surface area contributed by atoms with Gasteiger partial charge in [-0.25, -0.2) is 0 Å². The quantitative estimate of drug-likeness (QED) is 0.280. The van der Waals surface area contributed by atoms with E-state index in [4.69, 9.17) is 15.9 Å². The molecule has 0 aromatic carbocycles. The molecule has 3 nitrogen and oxygen atoms in total. The number of rotatable bonds is 10. The molecule has 1 atom stereocenters. The number of terminal acetylenes is 1. The van der Waals surface area contributed by atoms with Gasteiger partial charge in [-0.05, 0) is 13.3 Å². The minimum absolute atomic E-state index is 0.340. The summed E-state index contributed by atoms with van der Waals surface area (Å²) in [4.78, 5) is 0. The van der Waals surface area contributed by atoms with E-state index in [-0.39, 0.29) is 0 Å². The number of hydrogen-bond acceptors (Lipinski definition) is 3. The van der Waals surface area contributed by atoms with Crippen molar-refractivity contribution in [1.29, 1.82) is 0 Å². The second kappa shape index (κ2) is 12.0. The highest BCUT2D eigenvalue weighted by Crippen LogP contribution is 1.96. The number of aliphatic hydroxyl groups excluding tert-OH is 1. The van der Waals surface area contributed by atoms with Crippen molar-refractivity contribution in [2.75, 3.05) is 19.8 Å². The molecular formula is C15H22O3. The minimum Gasteiger partial charge on any atom is -0.496 e. The first-order chi connectivity index (χ1) is 8.70. The Balaban J connectivity index is 3.49. The van der Waals surface area contributed by atoms with Crippen LogP contribution in [0.5, 0.6) is 0 Å². The van der Waals surface area contributed by atoms with Gasteiger partial charge >= 0.3 is 0 Å². The molecular weight excluding hydrogens is 228 g/mol. The first-order valence-electron chi connectivity index (χ1n) is 6.03. The minimum atomic E-state index is -0.564. The lowest BCUT2D eigenvalue weighted by atomic mass is 10.2. The molecule has 0 aliphatic heterocycles. The van der Waals surface area contributed by atoms with Crippen LogP contribution in [-0.4, -0.2) is 31.0 Å². The van der Waals surface area contributed by atoms with E-state index >= 15 is 0 Å². The molecule has 3 heteroatoms. The predicted octanol–water partition coefficient (Wildman–Crippen LogP) is 2.44. The van der Waals surface area contributed by atoms with Crippen LogP contribution in [0.25, 0.3) is 0 Å². The Bertz CT molecular complexity index is 310. The van der Waals surface area contributed by atoms with Gasteiger partial charge in [0, 0.05) is 6.42 Å². The smallest absolute Gasteiger partial charge is 0.114 e. The maximum Gasteiger partial charge on any atom is 0.114 e. The molecule has 0 aliphatic carbocycles. The fraction of sp³-hybridized carbons (Fsp3) is 0.467. The standard InChI is InChI=1S/C15H22O3/c1-4-10-15(16)11-8-6-7-9-12-17-13-14(3)18-5-2/h1,6-8,11,15-16H,3,5,9-10,12-13H2,2H3/b7-6+,11-8+/t15-/m1/s1. The summed E-state index contributed by atoms with van der Waals surface area (Å²) in [6.45, 7) is 7.28. The van der Waals surface area contributed by atoms with Crippen molar-refractivity contribution in [1.82, 2.24) is 0 Å². The van der Waals surface area contributed by atoms with Crippen LogP contribution in [0.2, 0.25) is 0 Å². The third kappa shape index (κ3) is 11.0. The summed E-state index contributed by atoms with van der Waals surface area (Å²) in [5, 5.41) is 9.29.